The van der Waals surface area contributed by atoms with Gasteiger partial charge < -0.3 is 5.32 Å². The molecule has 0 saturated heterocycles. The van der Waals surface area contributed by atoms with Gasteiger partial charge in [0.25, 0.3) is 0 Å². The molecule has 3 unspecified atom stereocenters. The number of hydrogen-bond donors (Lipinski definition) is 1. The van der Waals surface area contributed by atoms with Crippen molar-refractivity contribution >= 4 is 17.3 Å². The van der Waals surface area contributed by atoms with Crippen LogP contribution in [0.3, 0.4) is 0 Å². The number of hydrogen-bond acceptors (Lipinski definition) is 2. The monoisotopic (exact) mass is 278 g/mol. The van der Waals surface area contributed by atoms with Crippen molar-refractivity contribution < 1.29 is 0 Å². The predicted molar refractivity (Wildman–Crippen MR) is 80.6 cm³/mol. The van der Waals surface area contributed by atoms with Crippen LogP contribution in [0.2, 0.25) is 5.15 Å². The molecule has 1 heterocycles. The van der Waals surface area contributed by atoms with Crippen molar-refractivity contribution in [2.45, 2.75) is 53.0 Å². The van der Waals surface area contributed by atoms with Gasteiger partial charge in [-0.3, -0.25) is 0 Å². The number of rotatable bonds is 2. The molecule has 1 N–H and O–H groups in total. The average molecular weight is 279 g/mol. The molecule has 3 atom stereocenters. The zero-order valence-corrected chi connectivity index (χ0v) is 13.0. The molecule has 2 fully saturated rings. The van der Waals surface area contributed by atoms with E-state index in [4.69, 9.17) is 11.6 Å². The third-order valence-corrected chi connectivity index (χ3v) is 5.85. The fraction of sp³-hybridized carbons (Fsp3) is 0.688. The summed E-state index contributed by atoms with van der Waals surface area (Å²) in [5.41, 5.74) is 2.88. The van der Waals surface area contributed by atoms with E-state index in [0.717, 1.165) is 17.2 Å². The van der Waals surface area contributed by atoms with Crippen molar-refractivity contribution in [3.8, 4) is 0 Å². The number of fused-ring (bicyclic) bond motifs is 2. The van der Waals surface area contributed by atoms with Gasteiger partial charge in [0.15, 0.2) is 5.15 Å². The minimum Gasteiger partial charge on any atom is -0.379 e. The van der Waals surface area contributed by atoms with E-state index in [2.05, 4.69) is 44.1 Å². The Kier molecular flexibility index (Phi) is 2.87. The van der Waals surface area contributed by atoms with E-state index in [0.29, 0.717) is 22.0 Å². The number of anilines is 1. The van der Waals surface area contributed by atoms with E-state index >= 15 is 0 Å². The molecular formula is C16H23ClN2. The molecule has 19 heavy (non-hydrogen) atoms. The standard InChI is InChI=1S/C16H23ClN2/c1-10-7-12(13(17)18-9-10)19-14-15(2,3)11-5-6-16(14,4)8-11/h7,9,11,14,19H,5-6,8H2,1-4H3. The summed E-state index contributed by atoms with van der Waals surface area (Å²) in [6.07, 6.45) is 5.87. The van der Waals surface area contributed by atoms with Gasteiger partial charge in [-0.1, -0.05) is 32.4 Å². The Morgan fingerprint density at radius 2 is 2.11 bits per heavy atom. The third kappa shape index (κ3) is 1.96. The molecule has 0 aliphatic heterocycles. The molecule has 0 spiro atoms. The molecule has 2 nitrogen and oxygen atoms in total. The SMILES string of the molecule is Cc1cnc(Cl)c(NC2C3(C)CCC(C3)C2(C)C)c1. The average Bonchev–Trinajstić information content (AvgIpc) is 2.80. The molecule has 2 aliphatic carbocycles. The van der Waals surface area contributed by atoms with Gasteiger partial charge >= 0.3 is 0 Å². The van der Waals surface area contributed by atoms with Crippen LogP contribution in [0.25, 0.3) is 0 Å². The molecular weight excluding hydrogens is 256 g/mol. The lowest BCUT2D eigenvalue weighted by atomic mass is 9.68. The lowest BCUT2D eigenvalue weighted by Gasteiger charge is -2.43. The molecule has 1 aromatic rings. The summed E-state index contributed by atoms with van der Waals surface area (Å²) in [5.74, 6) is 0.839. The molecule has 2 saturated carbocycles. The van der Waals surface area contributed by atoms with Crippen LogP contribution >= 0.6 is 11.6 Å². The Balaban J connectivity index is 1.92. The summed E-state index contributed by atoms with van der Waals surface area (Å²) in [6, 6.07) is 2.60. The Morgan fingerprint density at radius 3 is 2.74 bits per heavy atom. The van der Waals surface area contributed by atoms with Gasteiger partial charge in [0, 0.05) is 12.2 Å². The summed E-state index contributed by atoms with van der Waals surface area (Å²) in [7, 11) is 0. The van der Waals surface area contributed by atoms with Crippen LogP contribution in [0.1, 0.15) is 45.6 Å². The van der Waals surface area contributed by atoms with E-state index in [1.54, 1.807) is 0 Å². The first-order valence-electron chi connectivity index (χ1n) is 7.22. The number of aromatic nitrogens is 1. The molecule has 3 heteroatoms. The van der Waals surface area contributed by atoms with Crippen LogP contribution in [0.4, 0.5) is 5.69 Å². The van der Waals surface area contributed by atoms with E-state index in [9.17, 15) is 0 Å². The molecule has 2 aliphatic rings. The summed E-state index contributed by atoms with van der Waals surface area (Å²) in [5, 5.41) is 4.31. The van der Waals surface area contributed by atoms with Crippen molar-refractivity contribution in [3.63, 3.8) is 0 Å². The molecule has 0 amide bonds. The predicted octanol–water partition coefficient (Wildman–Crippen LogP) is 4.67. The largest absolute Gasteiger partial charge is 0.379 e. The summed E-state index contributed by atoms with van der Waals surface area (Å²) in [4.78, 5) is 4.26. The second-order valence-electron chi connectivity index (χ2n) is 7.34. The van der Waals surface area contributed by atoms with Crippen LogP contribution in [0, 0.1) is 23.7 Å². The quantitative estimate of drug-likeness (QED) is 0.795. The summed E-state index contributed by atoms with van der Waals surface area (Å²) < 4.78 is 0. The van der Waals surface area contributed by atoms with E-state index in [1.807, 2.05) is 6.20 Å². The fourth-order valence-corrected chi connectivity index (χ4v) is 4.63. The van der Waals surface area contributed by atoms with Crippen LogP contribution < -0.4 is 5.32 Å². The van der Waals surface area contributed by atoms with Gasteiger partial charge in [-0.25, -0.2) is 4.98 Å². The lowest BCUT2D eigenvalue weighted by molar-refractivity contribution is 0.155. The molecule has 0 aromatic carbocycles. The molecule has 2 bridgehead atoms. The van der Waals surface area contributed by atoms with E-state index in [1.165, 1.54) is 19.3 Å². The minimum absolute atomic E-state index is 0.333. The van der Waals surface area contributed by atoms with Gasteiger partial charge in [0.05, 0.1) is 5.69 Å². The van der Waals surface area contributed by atoms with Gasteiger partial charge in [0.1, 0.15) is 0 Å². The highest BCUT2D eigenvalue weighted by atomic mass is 35.5. The smallest absolute Gasteiger partial charge is 0.152 e. The topological polar surface area (TPSA) is 24.9 Å². The second-order valence-corrected chi connectivity index (χ2v) is 7.70. The number of aryl methyl sites for hydroxylation is 1. The molecule has 1 aromatic heterocycles. The maximum absolute atomic E-state index is 6.24. The van der Waals surface area contributed by atoms with Crippen LogP contribution in [-0.4, -0.2) is 11.0 Å². The maximum atomic E-state index is 6.24. The number of nitrogens with zero attached hydrogens (tertiary/aromatic N) is 1. The van der Waals surface area contributed by atoms with Gasteiger partial charge in [0.2, 0.25) is 0 Å². The van der Waals surface area contributed by atoms with Crippen LogP contribution in [0.5, 0.6) is 0 Å². The van der Waals surface area contributed by atoms with Crippen LogP contribution in [-0.2, 0) is 0 Å². The Bertz CT molecular complexity index is 507. The van der Waals surface area contributed by atoms with Gasteiger partial charge in [-0.05, 0) is 54.6 Å². The van der Waals surface area contributed by atoms with Gasteiger partial charge in [-0.2, -0.15) is 0 Å². The van der Waals surface area contributed by atoms with E-state index in [-0.39, 0.29) is 0 Å². The Hall–Kier alpha value is -0.760. The van der Waals surface area contributed by atoms with Crippen molar-refractivity contribution in [3.05, 3.63) is 23.0 Å². The summed E-state index contributed by atoms with van der Waals surface area (Å²) in [6.45, 7) is 9.28. The van der Waals surface area contributed by atoms with E-state index < -0.39 is 0 Å². The molecule has 104 valence electrons. The van der Waals surface area contributed by atoms with Crippen molar-refractivity contribution in [1.82, 2.24) is 4.98 Å². The summed E-state index contributed by atoms with van der Waals surface area (Å²) >= 11 is 6.24. The molecule has 3 rings (SSSR count). The van der Waals surface area contributed by atoms with Gasteiger partial charge in [-0.15, -0.1) is 0 Å². The maximum Gasteiger partial charge on any atom is 0.152 e. The Morgan fingerprint density at radius 1 is 1.37 bits per heavy atom. The lowest BCUT2D eigenvalue weighted by Crippen LogP contribution is -2.45. The number of pyridine rings is 1. The highest BCUT2D eigenvalue weighted by molar-refractivity contribution is 6.32. The van der Waals surface area contributed by atoms with Crippen molar-refractivity contribution in [2.75, 3.05) is 5.32 Å². The van der Waals surface area contributed by atoms with Crippen LogP contribution in [0.15, 0.2) is 12.3 Å². The first kappa shape index (κ1) is 13.2. The van der Waals surface area contributed by atoms with Crippen molar-refractivity contribution in [2.24, 2.45) is 16.7 Å². The zero-order chi connectivity index (χ0) is 13.8. The third-order valence-electron chi connectivity index (χ3n) is 5.55. The normalized spacial score (nSPS) is 35.6. The minimum atomic E-state index is 0.333. The van der Waals surface area contributed by atoms with Crippen molar-refractivity contribution in [1.29, 1.82) is 0 Å². The molecule has 0 radical (unpaired) electrons. The highest BCUT2D eigenvalue weighted by Gasteiger charge is 2.59. The Labute approximate surface area is 121 Å². The second kappa shape index (κ2) is 4.12. The highest BCUT2D eigenvalue weighted by Crippen LogP contribution is 2.63. The fourth-order valence-electron chi connectivity index (χ4n) is 4.47. The first-order chi connectivity index (χ1) is 8.83. The number of nitrogens with one attached hydrogen (secondary N) is 1. The zero-order valence-electron chi connectivity index (χ0n) is 12.3. The first-order valence-corrected chi connectivity index (χ1v) is 7.59. The number of halogens is 1.